The molecule has 0 radical (unpaired) electrons. The number of carboxylic acids is 1. The number of carbonyl (C=O) groups is 2. The molecule has 76 valence electrons. The number of nitrogens with one attached hydrogen (secondary N) is 1. The van der Waals surface area contributed by atoms with E-state index in [0.29, 0.717) is 12.8 Å². The summed E-state index contributed by atoms with van der Waals surface area (Å²) in [5.74, 6) is 3.54. The van der Waals surface area contributed by atoms with Gasteiger partial charge in [-0.25, -0.2) is 0 Å². The zero-order chi connectivity index (χ0) is 10.6. The number of hydrogen-bond acceptors (Lipinski definition) is 2. The zero-order valence-electron chi connectivity index (χ0n) is 8.09. The van der Waals surface area contributed by atoms with Gasteiger partial charge in [-0.3, -0.25) is 9.59 Å². The molecule has 2 N–H and O–H groups in total. The van der Waals surface area contributed by atoms with E-state index in [9.17, 15) is 9.59 Å². The molecule has 1 aliphatic rings. The Labute approximate surface area is 82.7 Å². The van der Waals surface area contributed by atoms with Gasteiger partial charge in [0.1, 0.15) is 0 Å². The molecule has 4 heteroatoms. The Bertz CT molecular complexity index is 307. The Balaban J connectivity index is 2.45. The van der Waals surface area contributed by atoms with Crippen LogP contribution in [0.2, 0.25) is 0 Å². The average molecular weight is 195 g/mol. The normalized spacial score (nSPS) is 17.2. The fraction of sp³-hybridized carbons (Fsp3) is 0.600. The maximum Gasteiger partial charge on any atom is 0.311 e. The highest BCUT2D eigenvalue weighted by molar-refractivity contribution is 5.93. The van der Waals surface area contributed by atoms with E-state index in [2.05, 4.69) is 17.2 Å². The lowest BCUT2D eigenvalue weighted by molar-refractivity contribution is -0.154. The summed E-state index contributed by atoms with van der Waals surface area (Å²) in [5.41, 5.74) is -0.731. The zero-order valence-corrected chi connectivity index (χ0v) is 8.09. The molecule has 1 amide bonds. The molecule has 0 aromatic heterocycles. The molecule has 1 rings (SSSR count). The summed E-state index contributed by atoms with van der Waals surface area (Å²) in [4.78, 5) is 21.9. The highest BCUT2D eigenvalue weighted by Crippen LogP contribution is 2.40. The molecule has 0 aromatic carbocycles. The molecule has 1 fully saturated rings. The molecule has 1 saturated carbocycles. The number of rotatable bonds is 3. The van der Waals surface area contributed by atoms with Crippen molar-refractivity contribution in [3.8, 4) is 11.8 Å². The summed E-state index contributed by atoms with van der Waals surface area (Å²) in [6.07, 6.45) is 2.20. The minimum absolute atomic E-state index is 0.190. The van der Waals surface area contributed by atoms with Gasteiger partial charge >= 0.3 is 5.97 Å². The standard InChI is InChI=1S/C10H13NO3/c1-2-4-8(12)11-7-10(9(13)14)5-3-6-10/h3,5-7H2,1H3,(H,11,12)(H,13,14). The number of amides is 1. The van der Waals surface area contributed by atoms with Crippen molar-refractivity contribution in [1.29, 1.82) is 0 Å². The largest absolute Gasteiger partial charge is 0.481 e. The summed E-state index contributed by atoms with van der Waals surface area (Å²) < 4.78 is 0. The predicted molar refractivity (Wildman–Crippen MR) is 50.4 cm³/mol. The first-order chi connectivity index (χ1) is 6.60. The van der Waals surface area contributed by atoms with Gasteiger partial charge in [0, 0.05) is 6.54 Å². The molecule has 0 bridgehead atoms. The maximum atomic E-state index is 11.0. The van der Waals surface area contributed by atoms with Gasteiger partial charge in [0.2, 0.25) is 0 Å². The number of carboxylic acid groups (broad SMARTS) is 1. The lowest BCUT2D eigenvalue weighted by Crippen LogP contribution is -2.47. The molecule has 0 atom stereocenters. The first-order valence-electron chi connectivity index (χ1n) is 4.55. The van der Waals surface area contributed by atoms with Crippen LogP contribution in [0.3, 0.4) is 0 Å². The van der Waals surface area contributed by atoms with Gasteiger partial charge < -0.3 is 10.4 Å². The van der Waals surface area contributed by atoms with Crippen LogP contribution in [-0.2, 0) is 9.59 Å². The van der Waals surface area contributed by atoms with Gasteiger partial charge in [0.05, 0.1) is 5.41 Å². The molecule has 14 heavy (non-hydrogen) atoms. The second-order valence-corrected chi connectivity index (χ2v) is 3.50. The molecule has 0 aromatic rings. The summed E-state index contributed by atoms with van der Waals surface area (Å²) in [5, 5.41) is 11.5. The lowest BCUT2D eigenvalue weighted by Gasteiger charge is -2.37. The van der Waals surface area contributed by atoms with E-state index in [1.54, 1.807) is 6.92 Å². The van der Waals surface area contributed by atoms with E-state index >= 15 is 0 Å². The predicted octanol–water partition coefficient (Wildman–Crippen LogP) is 0.381. The van der Waals surface area contributed by atoms with Gasteiger partial charge in [-0.15, -0.1) is 0 Å². The van der Waals surface area contributed by atoms with Crippen molar-refractivity contribution in [3.63, 3.8) is 0 Å². The third-order valence-corrected chi connectivity index (χ3v) is 2.59. The molecular weight excluding hydrogens is 182 g/mol. The van der Waals surface area contributed by atoms with Gasteiger partial charge in [0.15, 0.2) is 0 Å². The average Bonchev–Trinajstić information content (AvgIpc) is 2.02. The van der Waals surface area contributed by atoms with E-state index < -0.39 is 17.3 Å². The first-order valence-corrected chi connectivity index (χ1v) is 4.55. The summed E-state index contributed by atoms with van der Waals surface area (Å²) in [7, 11) is 0. The van der Waals surface area contributed by atoms with Crippen molar-refractivity contribution in [3.05, 3.63) is 0 Å². The van der Waals surface area contributed by atoms with Gasteiger partial charge in [-0.05, 0) is 25.7 Å². The summed E-state index contributed by atoms with van der Waals surface area (Å²) >= 11 is 0. The van der Waals surface area contributed by atoms with Crippen LogP contribution < -0.4 is 5.32 Å². The van der Waals surface area contributed by atoms with Crippen LogP contribution in [-0.4, -0.2) is 23.5 Å². The topological polar surface area (TPSA) is 66.4 Å². The number of hydrogen-bond donors (Lipinski definition) is 2. The van der Waals surface area contributed by atoms with Crippen LogP contribution >= 0.6 is 0 Å². The van der Waals surface area contributed by atoms with Crippen molar-refractivity contribution in [2.24, 2.45) is 5.41 Å². The van der Waals surface area contributed by atoms with Crippen LogP contribution in [0, 0.1) is 17.3 Å². The van der Waals surface area contributed by atoms with Crippen LogP contribution in [0.5, 0.6) is 0 Å². The number of carbonyl (C=O) groups excluding carboxylic acids is 1. The smallest absolute Gasteiger partial charge is 0.311 e. The summed E-state index contributed by atoms with van der Waals surface area (Å²) in [6.45, 7) is 1.76. The maximum absolute atomic E-state index is 11.0. The van der Waals surface area contributed by atoms with E-state index in [0.717, 1.165) is 6.42 Å². The summed E-state index contributed by atoms with van der Waals surface area (Å²) in [6, 6.07) is 0. The highest BCUT2D eigenvalue weighted by Gasteiger charge is 2.44. The quantitative estimate of drug-likeness (QED) is 0.640. The molecule has 0 aliphatic heterocycles. The van der Waals surface area contributed by atoms with Gasteiger partial charge in [0.25, 0.3) is 5.91 Å². The SMILES string of the molecule is CC#CC(=O)NCC1(C(=O)O)CCC1. The minimum Gasteiger partial charge on any atom is -0.481 e. The van der Waals surface area contributed by atoms with Crippen molar-refractivity contribution in [1.82, 2.24) is 5.32 Å². The van der Waals surface area contributed by atoms with Gasteiger partial charge in [-0.2, -0.15) is 0 Å². The van der Waals surface area contributed by atoms with Crippen molar-refractivity contribution in [2.45, 2.75) is 26.2 Å². The van der Waals surface area contributed by atoms with Gasteiger partial charge in [-0.1, -0.05) is 12.3 Å². The molecular formula is C10H13NO3. The molecule has 4 nitrogen and oxygen atoms in total. The Morgan fingerprint density at radius 1 is 1.50 bits per heavy atom. The van der Waals surface area contributed by atoms with E-state index in [1.807, 2.05) is 0 Å². The third kappa shape index (κ3) is 2.05. The monoisotopic (exact) mass is 195 g/mol. The molecule has 0 spiro atoms. The second kappa shape index (κ2) is 4.14. The van der Waals surface area contributed by atoms with E-state index in [4.69, 9.17) is 5.11 Å². The molecule has 1 aliphatic carbocycles. The van der Waals surface area contributed by atoms with Crippen molar-refractivity contribution in [2.75, 3.05) is 6.54 Å². The minimum atomic E-state index is -0.825. The highest BCUT2D eigenvalue weighted by atomic mass is 16.4. The fourth-order valence-electron chi connectivity index (χ4n) is 1.48. The molecule has 0 heterocycles. The van der Waals surface area contributed by atoms with E-state index in [-0.39, 0.29) is 6.54 Å². The van der Waals surface area contributed by atoms with Crippen molar-refractivity contribution >= 4 is 11.9 Å². The number of aliphatic carboxylic acids is 1. The van der Waals surface area contributed by atoms with E-state index in [1.165, 1.54) is 0 Å². The second-order valence-electron chi connectivity index (χ2n) is 3.50. The van der Waals surface area contributed by atoms with Crippen LogP contribution in [0.4, 0.5) is 0 Å². The van der Waals surface area contributed by atoms with Crippen LogP contribution in [0.1, 0.15) is 26.2 Å². The van der Waals surface area contributed by atoms with Crippen molar-refractivity contribution < 1.29 is 14.7 Å². The van der Waals surface area contributed by atoms with Crippen LogP contribution in [0.25, 0.3) is 0 Å². The Kier molecular flexibility index (Phi) is 3.13. The molecule has 0 saturated heterocycles. The lowest BCUT2D eigenvalue weighted by atomic mass is 9.69. The molecule has 0 unspecified atom stereocenters. The Morgan fingerprint density at radius 3 is 2.50 bits per heavy atom. The third-order valence-electron chi connectivity index (χ3n) is 2.59. The van der Waals surface area contributed by atoms with Crippen LogP contribution in [0.15, 0.2) is 0 Å². The fourth-order valence-corrected chi connectivity index (χ4v) is 1.48. The Morgan fingerprint density at radius 2 is 2.14 bits per heavy atom. The Hall–Kier alpha value is -1.50. The first kappa shape index (κ1) is 10.6.